The van der Waals surface area contributed by atoms with Gasteiger partial charge in [0.05, 0.1) is 0 Å². The maximum Gasteiger partial charge on any atom is 0.251 e. The molecule has 1 aromatic carbocycles. The van der Waals surface area contributed by atoms with Gasteiger partial charge in [0, 0.05) is 24.6 Å². The lowest BCUT2D eigenvalue weighted by Gasteiger charge is -2.31. The van der Waals surface area contributed by atoms with E-state index in [1.54, 1.807) is 12.1 Å². The van der Waals surface area contributed by atoms with Crippen LogP contribution in [0.1, 0.15) is 37.8 Å². The Morgan fingerprint density at radius 2 is 1.87 bits per heavy atom. The Kier molecular flexibility index (Phi) is 3.30. The van der Waals surface area contributed by atoms with Gasteiger partial charge < -0.3 is 14.8 Å². The van der Waals surface area contributed by atoms with Gasteiger partial charge in [0.2, 0.25) is 0 Å². The fraction of sp³-hybridized carbons (Fsp3) is 0.333. The van der Waals surface area contributed by atoms with Crippen molar-refractivity contribution in [3.05, 3.63) is 42.1 Å². The van der Waals surface area contributed by atoms with Gasteiger partial charge in [0.25, 0.3) is 5.79 Å². The Morgan fingerprint density at radius 1 is 1.04 bits per heavy atom. The molecular weight excluding hydrogens is 290 g/mol. The number of fused-ring (bicyclic) bond motifs is 1. The van der Waals surface area contributed by atoms with Crippen LogP contribution in [0.15, 0.2) is 36.4 Å². The van der Waals surface area contributed by atoms with Gasteiger partial charge in [0.15, 0.2) is 11.5 Å². The van der Waals surface area contributed by atoms with Crippen LogP contribution in [0.2, 0.25) is 0 Å². The van der Waals surface area contributed by atoms with Crippen LogP contribution in [-0.4, -0.2) is 10.8 Å². The van der Waals surface area contributed by atoms with Crippen molar-refractivity contribution in [2.45, 2.75) is 37.9 Å². The molecule has 2 aliphatic rings. The number of hydrogen-bond acceptors (Lipinski definition) is 5. The molecule has 5 nitrogen and oxygen atoms in total. The van der Waals surface area contributed by atoms with Gasteiger partial charge in [-0.1, -0.05) is 12.5 Å². The predicted molar refractivity (Wildman–Crippen MR) is 85.7 cm³/mol. The van der Waals surface area contributed by atoms with Gasteiger partial charge in [-0.05, 0) is 37.1 Å². The number of hydrogen-bond donors (Lipinski definition) is 1. The van der Waals surface area contributed by atoms with Crippen LogP contribution in [0.4, 0.5) is 11.5 Å². The Morgan fingerprint density at radius 3 is 2.70 bits per heavy atom. The zero-order chi connectivity index (χ0) is 15.7. The summed E-state index contributed by atoms with van der Waals surface area (Å²) in [5.74, 6) is 1.75. The highest BCUT2D eigenvalue weighted by Crippen LogP contribution is 2.46. The first kappa shape index (κ1) is 13.9. The SMILES string of the molecule is N#Cc1cccc(Nc2ccc3c(c2)OC2(CCCCC2)O3)n1. The minimum absolute atomic E-state index is 0.386. The van der Waals surface area contributed by atoms with Gasteiger partial charge in [-0.15, -0.1) is 0 Å². The molecule has 1 aliphatic carbocycles. The molecule has 116 valence electrons. The number of benzene rings is 1. The molecule has 1 spiro atoms. The molecule has 5 heteroatoms. The molecule has 1 fully saturated rings. The number of nitriles is 1. The predicted octanol–water partition coefficient (Wildman–Crippen LogP) is 4.13. The Bertz CT molecular complexity index is 776. The van der Waals surface area contributed by atoms with Crippen LogP contribution in [0.25, 0.3) is 0 Å². The van der Waals surface area contributed by atoms with E-state index in [2.05, 4.69) is 10.3 Å². The van der Waals surface area contributed by atoms with Crippen molar-refractivity contribution in [2.24, 2.45) is 0 Å². The molecule has 0 amide bonds. The first-order valence-electron chi connectivity index (χ1n) is 7.93. The van der Waals surface area contributed by atoms with E-state index in [-0.39, 0.29) is 0 Å². The van der Waals surface area contributed by atoms with Crippen LogP contribution in [0.3, 0.4) is 0 Å². The lowest BCUT2D eigenvalue weighted by atomic mass is 9.94. The van der Waals surface area contributed by atoms with Crippen molar-refractivity contribution >= 4 is 11.5 Å². The largest absolute Gasteiger partial charge is 0.448 e. The third-order valence-corrected chi connectivity index (χ3v) is 4.29. The summed E-state index contributed by atoms with van der Waals surface area (Å²) in [4.78, 5) is 4.22. The average molecular weight is 307 g/mol. The van der Waals surface area contributed by atoms with Crippen molar-refractivity contribution in [3.8, 4) is 17.6 Å². The van der Waals surface area contributed by atoms with Crippen LogP contribution in [-0.2, 0) is 0 Å². The number of aromatic nitrogens is 1. The van der Waals surface area contributed by atoms with Gasteiger partial charge in [-0.25, -0.2) is 4.98 Å². The summed E-state index contributed by atoms with van der Waals surface area (Å²) in [7, 11) is 0. The molecule has 0 bridgehead atoms. The zero-order valence-electron chi connectivity index (χ0n) is 12.7. The first-order chi connectivity index (χ1) is 11.3. The van der Waals surface area contributed by atoms with E-state index in [9.17, 15) is 0 Å². The van der Waals surface area contributed by atoms with E-state index >= 15 is 0 Å². The first-order valence-corrected chi connectivity index (χ1v) is 7.93. The fourth-order valence-corrected chi connectivity index (χ4v) is 3.18. The fourth-order valence-electron chi connectivity index (χ4n) is 3.18. The Balaban J connectivity index is 1.55. The lowest BCUT2D eigenvalue weighted by molar-refractivity contribution is -0.105. The highest BCUT2D eigenvalue weighted by Gasteiger charge is 2.42. The highest BCUT2D eigenvalue weighted by atomic mass is 16.7. The number of anilines is 2. The molecule has 1 aromatic heterocycles. The van der Waals surface area contributed by atoms with Crippen molar-refractivity contribution < 1.29 is 9.47 Å². The molecule has 1 N–H and O–H groups in total. The van der Waals surface area contributed by atoms with E-state index in [0.29, 0.717) is 11.5 Å². The third-order valence-electron chi connectivity index (χ3n) is 4.29. The normalized spacial score (nSPS) is 17.7. The van der Waals surface area contributed by atoms with Gasteiger partial charge in [-0.2, -0.15) is 5.26 Å². The summed E-state index contributed by atoms with van der Waals surface area (Å²) in [5.41, 5.74) is 1.25. The van der Waals surface area contributed by atoms with E-state index in [1.807, 2.05) is 30.3 Å². The summed E-state index contributed by atoms with van der Waals surface area (Å²) >= 11 is 0. The number of pyridine rings is 1. The van der Waals surface area contributed by atoms with E-state index in [0.717, 1.165) is 42.9 Å². The van der Waals surface area contributed by atoms with Gasteiger partial charge in [-0.3, -0.25) is 0 Å². The summed E-state index contributed by atoms with van der Waals surface area (Å²) in [6.45, 7) is 0. The Hall–Kier alpha value is -2.74. The van der Waals surface area contributed by atoms with Crippen molar-refractivity contribution in [1.29, 1.82) is 5.26 Å². The van der Waals surface area contributed by atoms with Crippen LogP contribution in [0.5, 0.6) is 11.5 Å². The molecular formula is C18H17N3O2. The molecule has 2 aromatic rings. The summed E-state index contributed by atoms with van der Waals surface area (Å²) < 4.78 is 12.2. The van der Waals surface area contributed by atoms with E-state index < -0.39 is 5.79 Å². The topological polar surface area (TPSA) is 67.2 Å². The van der Waals surface area contributed by atoms with E-state index in [4.69, 9.17) is 14.7 Å². The van der Waals surface area contributed by atoms with Crippen LogP contribution < -0.4 is 14.8 Å². The van der Waals surface area contributed by atoms with Crippen LogP contribution in [0, 0.1) is 11.3 Å². The highest BCUT2D eigenvalue weighted by molar-refractivity contribution is 5.62. The second kappa shape index (κ2) is 5.47. The van der Waals surface area contributed by atoms with Gasteiger partial charge in [0.1, 0.15) is 17.6 Å². The molecule has 0 saturated heterocycles. The third kappa shape index (κ3) is 2.68. The molecule has 0 atom stereocenters. The molecule has 0 radical (unpaired) electrons. The van der Waals surface area contributed by atoms with E-state index in [1.165, 1.54) is 6.42 Å². The smallest absolute Gasteiger partial charge is 0.251 e. The summed E-state index contributed by atoms with van der Waals surface area (Å²) in [6, 6.07) is 13.1. The molecule has 2 heterocycles. The quantitative estimate of drug-likeness (QED) is 0.903. The zero-order valence-corrected chi connectivity index (χ0v) is 12.7. The summed E-state index contributed by atoms with van der Waals surface area (Å²) in [5, 5.41) is 12.1. The lowest BCUT2D eigenvalue weighted by Crippen LogP contribution is -2.40. The molecule has 4 rings (SSSR count). The number of ether oxygens (including phenoxy) is 2. The second-order valence-corrected chi connectivity index (χ2v) is 5.98. The number of nitrogens with one attached hydrogen (secondary N) is 1. The molecule has 1 aliphatic heterocycles. The van der Waals surface area contributed by atoms with Crippen molar-refractivity contribution in [2.75, 3.05) is 5.32 Å². The summed E-state index contributed by atoms with van der Waals surface area (Å²) in [6.07, 6.45) is 5.42. The maximum atomic E-state index is 8.92. The van der Waals surface area contributed by atoms with Crippen molar-refractivity contribution in [3.63, 3.8) is 0 Å². The van der Waals surface area contributed by atoms with Crippen molar-refractivity contribution in [1.82, 2.24) is 4.98 Å². The molecule has 0 unspecified atom stereocenters. The average Bonchev–Trinajstić information content (AvgIpc) is 2.92. The molecule has 23 heavy (non-hydrogen) atoms. The number of rotatable bonds is 2. The monoisotopic (exact) mass is 307 g/mol. The standard InChI is InChI=1S/C18H17N3O2/c19-12-14-5-4-6-17(21-14)20-13-7-8-15-16(11-13)23-18(22-15)9-2-1-3-10-18/h4-8,11H,1-3,9-10H2,(H,20,21). The maximum absolute atomic E-state index is 8.92. The van der Waals surface area contributed by atoms with Gasteiger partial charge >= 0.3 is 0 Å². The second-order valence-electron chi connectivity index (χ2n) is 5.98. The minimum Gasteiger partial charge on any atom is -0.448 e. The number of nitrogens with zero attached hydrogens (tertiary/aromatic N) is 2. The molecule has 1 saturated carbocycles. The Labute approximate surface area is 134 Å². The van der Waals surface area contributed by atoms with Crippen LogP contribution >= 0.6 is 0 Å². The minimum atomic E-state index is -0.460.